The third-order valence-electron chi connectivity index (χ3n) is 5.24. The lowest BCUT2D eigenvalue weighted by atomic mass is 10.0. The number of rotatable bonds is 6. The van der Waals surface area contributed by atoms with Crippen molar-refractivity contribution in [1.82, 2.24) is 9.88 Å². The maximum Gasteiger partial charge on any atom is 0.125 e. The van der Waals surface area contributed by atoms with Gasteiger partial charge in [-0.3, -0.25) is 9.88 Å². The average molecular weight is 393 g/mol. The highest BCUT2D eigenvalue weighted by molar-refractivity contribution is 6.30. The molecule has 0 aliphatic carbocycles. The molecule has 0 amide bonds. The molecule has 4 heteroatoms. The second kappa shape index (κ2) is 9.33. The Kier molecular flexibility index (Phi) is 6.38. The molecule has 4 rings (SSSR count). The maximum atomic E-state index is 6.57. The quantitative estimate of drug-likeness (QED) is 0.553. The first-order valence-electron chi connectivity index (χ1n) is 9.86. The van der Waals surface area contributed by atoms with Crippen LogP contribution in [0, 0.1) is 0 Å². The minimum Gasteiger partial charge on any atom is -0.364 e. The van der Waals surface area contributed by atoms with Crippen LogP contribution in [-0.2, 0) is 11.3 Å². The molecule has 0 unspecified atom stereocenters. The van der Waals surface area contributed by atoms with E-state index in [4.69, 9.17) is 16.3 Å². The van der Waals surface area contributed by atoms with Crippen LogP contribution >= 0.6 is 11.6 Å². The lowest BCUT2D eigenvalue weighted by Gasteiger charge is -2.34. The Balaban J connectivity index is 1.41. The van der Waals surface area contributed by atoms with Gasteiger partial charge in [0.05, 0.1) is 11.8 Å². The number of halogens is 1. The van der Waals surface area contributed by atoms with Crippen molar-refractivity contribution in [3.8, 4) is 0 Å². The summed E-state index contributed by atoms with van der Waals surface area (Å²) in [5.41, 5.74) is 3.40. The summed E-state index contributed by atoms with van der Waals surface area (Å²) in [5, 5.41) is 0.734. The summed E-state index contributed by atoms with van der Waals surface area (Å²) in [4.78, 5) is 7.05. The van der Waals surface area contributed by atoms with Gasteiger partial charge in [0, 0.05) is 30.9 Å². The Morgan fingerprint density at radius 2 is 1.64 bits per heavy atom. The molecule has 0 radical (unpaired) electrons. The highest BCUT2D eigenvalue weighted by atomic mass is 35.5. The van der Waals surface area contributed by atoms with Gasteiger partial charge >= 0.3 is 0 Å². The number of hydrogen-bond donors (Lipinski definition) is 0. The second-order valence-electron chi connectivity index (χ2n) is 7.28. The first-order valence-corrected chi connectivity index (χ1v) is 10.2. The molecule has 1 aliphatic rings. The van der Waals surface area contributed by atoms with Crippen LogP contribution in [0.15, 0.2) is 79.0 Å². The van der Waals surface area contributed by atoms with E-state index in [0.29, 0.717) is 0 Å². The van der Waals surface area contributed by atoms with Crippen molar-refractivity contribution in [2.24, 2.45) is 0 Å². The third kappa shape index (κ3) is 4.99. The van der Waals surface area contributed by atoms with Crippen LogP contribution < -0.4 is 0 Å². The summed E-state index contributed by atoms with van der Waals surface area (Å²) in [5.74, 6) is 0. The molecule has 1 fully saturated rings. The normalized spacial score (nSPS) is 16.8. The summed E-state index contributed by atoms with van der Waals surface area (Å²) in [6.45, 7) is 3.11. The molecule has 0 bridgehead atoms. The largest absolute Gasteiger partial charge is 0.364 e. The molecule has 28 heavy (non-hydrogen) atoms. The van der Waals surface area contributed by atoms with Gasteiger partial charge in [-0.1, -0.05) is 60.1 Å². The molecule has 1 atom stereocenters. The number of benzene rings is 2. The Labute approximate surface area is 171 Å². The number of piperidine rings is 1. The summed E-state index contributed by atoms with van der Waals surface area (Å²) < 4.78 is 6.57. The minimum absolute atomic E-state index is 0.163. The molecule has 0 spiro atoms. The first kappa shape index (κ1) is 19.1. The molecule has 1 saturated heterocycles. The molecule has 1 aliphatic heterocycles. The Hall–Kier alpha value is -2.20. The van der Waals surface area contributed by atoms with Gasteiger partial charge in [-0.05, 0) is 48.2 Å². The summed E-state index contributed by atoms with van der Waals surface area (Å²) >= 11 is 6.07. The van der Waals surface area contributed by atoms with Crippen LogP contribution in [0.25, 0.3) is 0 Å². The van der Waals surface area contributed by atoms with Gasteiger partial charge in [-0.15, -0.1) is 0 Å². The Bertz CT molecular complexity index is 847. The molecule has 3 nitrogen and oxygen atoms in total. The van der Waals surface area contributed by atoms with Crippen molar-refractivity contribution < 1.29 is 4.74 Å². The molecular formula is C24H25ClN2O. The summed E-state index contributed by atoms with van der Waals surface area (Å²) in [6, 6.07) is 24.5. The monoisotopic (exact) mass is 392 g/mol. The molecule has 0 N–H and O–H groups in total. The van der Waals surface area contributed by atoms with Crippen LogP contribution in [0.5, 0.6) is 0 Å². The topological polar surface area (TPSA) is 25.4 Å². The standard InChI is InChI=1S/C24H25ClN2O/c25-21-11-9-20(10-12-21)24(23-8-4-5-15-26-23)28-22-13-16-27(17-14-22)18-19-6-2-1-3-7-19/h1-12,15,22,24H,13-14,16-18H2/t24-/m1/s1. The zero-order valence-electron chi connectivity index (χ0n) is 15.9. The summed E-state index contributed by atoms with van der Waals surface area (Å²) in [6.07, 6.45) is 3.95. The van der Waals surface area contributed by atoms with Crippen LogP contribution in [0.4, 0.5) is 0 Å². The molecule has 2 heterocycles. The van der Waals surface area contributed by atoms with Gasteiger partial charge in [0.25, 0.3) is 0 Å². The van der Waals surface area contributed by atoms with E-state index >= 15 is 0 Å². The fourth-order valence-corrected chi connectivity index (χ4v) is 3.85. The molecular weight excluding hydrogens is 368 g/mol. The van der Waals surface area contributed by atoms with E-state index in [9.17, 15) is 0 Å². The van der Waals surface area contributed by atoms with Gasteiger partial charge in [0.2, 0.25) is 0 Å². The van der Waals surface area contributed by atoms with E-state index in [1.54, 1.807) is 0 Å². The van der Waals surface area contributed by atoms with Crippen LogP contribution in [0.2, 0.25) is 5.02 Å². The molecule has 0 saturated carbocycles. The van der Waals surface area contributed by atoms with Crippen molar-refractivity contribution in [1.29, 1.82) is 0 Å². The number of hydrogen-bond acceptors (Lipinski definition) is 3. The predicted octanol–water partition coefficient (Wildman–Crippen LogP) is 5.51. The van der Waals surface area contributed by atoms with Crippen molar-refractivity contribution in [3.05, 3.63) is 101 Å². The SMILES string of the molecule is Clc1ccc([C@@H](OC2CCN(Cc3ccccc3)CC2)c2ccccn2)cc1. The number of ether oxygens (including phenoxy) is 1. The second-order valence-corrected chi connectivity index (χ2v) is 7.72. The Morgan fingerprint density at radius 3 is 2.32 bits per heavy atom. The lowest BCUT2D eigenvalue weighted by Crippen LogP contribution is -2.37. The smallest absolute Gasteiger partial charge is 0.125 e. The van der Waals surface area contributed by atoms with Crippen molar-refractivity contribution in [2.75, 3.05) is 13.1 Å². The van der Waals surface area contributed by atoms with Gasteiger partial charge < -0.3 is 4.74 Å². The van der Waals surface area contributed by atoms with E-state index < -0.39 is 0 Å². The Morgan fingerprint density at radius 1 is 0.929 bits per heavy atom. The first-order chi connectivity index (χ1) is 13.8. The maximum absolute atomic E-state index is 6.57. The zero-order chi connectivity index (χ0) is 19.2. The fraction of sp³-hybridized carbons (Fsp3) is 0.292. The van der Waals surface area contributed by atoms with E-state index in [-0.39, 0.29) is 12.2 Å². The average Bonchev–Trinajstić information content (AvgIpc) is 2.75. The molecule has 1 aromatic heterocycles. The molecule has 2 aromatic carbocycles. The number of aromatic nitrogens is 1. The van der Waals surface area contributed by atoms with E-state index in [1.165, 1.54) is 5.56 Å². The van der Waals surface area contributed by atoms with E-state index in [2.05, 4.69) is 40.2 Å². The van der Waals surface area contributed by atoms with Gasteiger partial charge in [0.1, 0.15) is 6.10 Å². The van der Waals surface area contributed by atoms with E-state index in [1.807, 2.05) is 48.7 Å². The number of pyridine rings is 1. The van der Waals surface area contributed by atoms with Crippen LogP contribution in [0.1, 0.15) is 35.8 Å². The number of likely N-dealkylation sites (tertiary alicyclic amines) is 1. The zero-order valence-corrected chi connectivity index (χ0v) is 16.6. The third-order valence-corrected chi connectivity index (χ3v) is 5.49. The predicted molar refractivity (Wildman–Crippen MR) is 113 cm³/mol. The van der Waals surface area contributed by atoms with Gasteiger partial charge in [-0.2, -0.15) is 0 Å². The van der Waals surface area contributed by atoms with Crippen LogP contribution in [-0.4, -0.2) is 29.1 Å². The van der Waals surface area contributed by atoms with Crippen molar-refractivity contribution in [3.63, 3.8) is 0 Å². The van der Waals surface area contributed by atoms with Crippen molar-refractivity contribution >= 4 is 11.6 Å². The van der Waals surface area contributed by atoms with Gasteiger partial charge in [0.15, 0.2) is 0 Å². The minimum atomic E-state index is -0.163. The highest BCUT2D eigenvalue weighted by Crippen LogP contribution is 2.30. The molecule has 3 aromatic rings. The van der Waals surface area contributed by atoms with Crippen LogP contribution in [0.3, 0.4) is 0 Å². The number of nitrogens with zero attached hydrogens (tertiary/aromatic N) is 2. The molecule has 144 valence electrons. The van der Waals surface area contributed by atoms with E-state index in [0.717, 1.165) is 48.8 Å². The summed E-state index contributed by atoms with van der Waals surface area (Å²) in [7, 11) is 0. The van der Waals surface area contributed by atoms with Crippen molar-refractivity contribution in [2.45, 2.75) is 31.6 Å². The van der Waals surface area contributed by atoms with Gasteiger partial charge in [-0.25, -0.2) is 0 Å². The highest BCUT2D eigenvalue weighted by Gasteiger charge is 2.25. The fourth-order valence-electron chi connectivity index (χ4n) is 3.73. The lowest BCUT2D eigenvalue weighted by molar-refractivity contribution is -0.0296.